The summed E-state index contributed by atoms with van der Waals surface area (Å²) in [6, 6.07) is 7.48. The molecule has 0 radical (unpaired) electrons. The summed E-state index contributed by atoms with van der Waals surface area (Å²) in [5.41, 5.74) is 1.85. The van der Waals surface area contributed by atoms with Crippen LogP contribution >= 0.6 is 11.6 Å². The Morgan fingerprint density at radius 2 is 2.07 bits per heavy atom. The van der Waals surface area contributed by atoms with Gasteiger partial charge in [-0.3, -0.25) is 9.59 Å². The van der Waals surface area contributed by atoms with E-state index in [1.54, 1.807) is 30.0 Å². The molecule has 2 heterocycles. The molecule has 1 amide bonds. The van der Waals surface area contributed by atoms with E-state index in [9.17, 15) is 14.0 Å². The van der Waals surface area contributed by atoms with Gasteiger partial charge in [0.2, 0.25) is 17.7 Å². The Bertz CT molecular complexity index is 889. The lowest BCUT2D eigenvalue weighted by Gasteiger charge is -2.34. The third-order valence-corrected chi connectivity index (χ3v) is 4.59. The van der Waals surface area contributed by atoms with Crippen molar-refractivity contribution in [3.63, 3.8) is 0 Å². The number of alkyl halides is 1. The second-order valence-corrected chi connectivity index (χ2v) is 6.73. The number of halogens is 2. The van der Waals surface area contributed by atoms with Crippen LogP contribution in [-0.2, 0) is 16.0 Å². The van der Waals surface area contributed by atoms with Gasteiger partial charge >= 0.3 is 5.97 Å². The van der Waals surface area contributed by atoms with Gasteiger partial charge in [0.15, 0.2) is 0 Å². The summed E-state index contributed by atoms with van der Waals surface area (Å²) in [7, 11) is 0. The largest absolute Gasteiger partial charge is 0.474 e. The molecule has 0 N–H and O–H groups in total. The summed E-state index contributed by atoms with van der Waals surface area (Å²) >= 11 is 5.76. The Hall–Kier alpha value is -2.67. The maximum atomic E-state index is 13.2. The fourth-order valence-electron chi connectivity index (χ4n) is 2.96. The van der Waals surface area contributed by atoms with Crippen LogP contribution in [0, 0.1) is 5.82 Å². The van der Waals surface area contributed by atoms with Gasteiger partial charge in [-0.25, -0.2) is 4.39 Å². The van der Waals surface area contributed by atoms with Crippen LogP contribution in [-0.4, -0.2) is 35.4 Å². The van der Waals surface area contributed by atoms with E-state index in [1.807, 2.05) is 6.92 Å². The highest BCUT2D eigenvalue weighted by atomic mass is 35.5. The van der Waals surface area contributed by atoms with Crippen LogP contribution in [0.15, 0.2) is 30.3 Å². The predicted molar refractivity (Wildman–Crippen MR) is 103 cm³/mol. The van der Waals surface area contributed by atoms with E-state index in [-0.39, 0.29) is 48.4 Å². The maximum Gasteiger partial charge on any atom is 0.312 e. The van der Waals surface area contributed by atoms with Crippen LogP contribution in [0.1, 0.15) is 31.4 Å². The molecule has 0 saturated heterocycles. The standard InChI is InChI=1S/C20H20ClFN2O4/c1-3-18(26)28-19-14(8-13-4-6-15(22)7-5-13)9-16-20(23-19)27-11-12(2)24(16)17(25)10-21/h4-7,9,12H,3,8,10-11H2,1-2H3/t12-/m0/s1. The summed E-state index contributed by atoms with van der Waals surface area (Å²) in [5.74, 6) is -0.909. The van der Waals surface area contributed by atoms with Crippen molar-refractivity contribution in [3.05, 3.63) is 47.3 Å². The molecular formula is C20H20ClFN2O4. The molecule has 148 valence electrons. The molecule has 1 atom stereocenters. The number of benzene rings is 1. The normalized spacial score (nSPS) is 15.6. The number of ether oxygens (including phenoxy) is 2. The van der Waals surface area contributed by atoms with Crippen molar-refractivity contribution >= 4 is 29.2 Å². The van der Waals surface area contributed by atoms with E-state index >= 15 is 0 Å². The first kappa shape index (κ1) is 20.1. The Morgan fingerprint density at radius 3 is 2.71 bits per heavy atom. The number of rotatable bonds is 5. The van der Waals surface area contributed by atoms with Gasteiger partial charge in [-0.15, -0.1) is 11.6 Å². The highest BCUT2D eigenvalue weighted by Gasteiger charge is 2.32. The van der Waals surface area contributed by atoms with E-state index in [1.165, 1.54) is 12.1 Å². The van der Waals surface area contributed by atoms with E-state index in [0.29, 0.717) is 17.7 Å². The van der Waals surface area contributed by atoms with Crippen LogP contribution in [0.2, 0.25) is 0 Å². The van der Waals surface area contributed by atoms with Gasteiger partial charge in [-0.1, -0.05) is 19.1 Å². The second-order valence-electron chi connectivity index (χ2n) is 6.47. The maximum absolute atomic E-state index is 13.2. The van der Waals surface area contributed by atoms with Crippen molar-refractivity contribution in [2.45, 2.75) is 32.7 Å². The minimum atomic E-state index is -0.439. The number of pyridine rings is 1. The molecule has 1 aliphatic rings. The van der Waals surface area contributed by atoms with Crippen molar-refractivity contribution in [1.82, 2.24) is 4.98 Å². The van der Waals surface area contributed by atoms with Crippen LogP contribution in [0.25, 0.3) is 0 Å². The van der Waals surface area contributed by atoms with Crippen molar-refractivity contribution in [3.8, 4) is 11.8 Å². The van der Waals surface area contributed by atoms with Crippen LogP contribution in [0.5, 0.6) is 11.8 Å². The molecule has 0 spiro atoms. The fraction of sp³-hybridized carbons (Fsp3) is 0.350. The van der Waals surface area contributed by atoms with Gasteiger partial charge < -0.3 is 14.4 Å². The van der Waals surface area contributed by atoms with Crippen molar-refractivity contribution < 1.29 is 23.5 Å². The average molecular weight is 407 g/mol. The first-order valence-corrected chi connectivity index (χ1v) is 9.46. The summed E-state index contributed by atoms with van der Waals surface area (Å²) in [4.78, 5) is 30.1. The number of carbonyl (C=O) groups excluding carboxylic acids is 2. The van der Waals surface area contributed by atoms with Crippen LogP contribution in [0.4, 0.5) is 10.1 Å². The third-order valence-electron chi connectivity index (χ3n) is 4.36. The molecule has 0 saturated carbocycles. The number of anilines is 1. The number of aromatic nitrogens is 1. The topological polar surface area (TPSA) is 68.7 Å². The summed E-state index contributed by atoms with van der Waals surface area (Å²) in [6.45, 7) is 3.78. The first-order chi connectivity index (χ1) is 13.4. The van der Waals surface area contributed by atoms with E-state index in [0.717, 1.165) is 5.56 Å². The zero-order chi connectivity index (χ0) is 20.3. The number of hydrogen-bond acceptors (Lipinski definition) is 5. The Labute approximate surface area is 167 Å². The molecule has 28 heavy (non-hydrogen) atoms. The van der Waals surface area contributed by atoms with Gasteiger partial charge in [-0.2, -0.15) is 4.98 Å². The molecule has 0 bridgehead atoms. The summed E-state index contributed by atoms with van der Waals surface area (Å²) in [6.07, 6.45) is 0.522. The zero-order valence-electron chi connectivity index (χ0n) is 15.6. The zero-order valence-corrected chi connectivity index (χ0v) is 16.3. The highest BCUT2D eigenvalue weighted by Crippen LogP contribution is 2.37. The van der Waals surface area contributed by atoms with E-state index < -0.39 is 5.97 Å². The SMILES string of the molecule is CCC(=O)Oc1nc2c(cc1Cc1ccc(F)cc1)N(C(=O)CCl)[C@@H](C)CO2. The van der Waals surface area contributed by atoms with Gasteiger partial charge in [0.05, 0.1) is 6.04 Å². The lowest BCUT2D eigenvalue weighted by molar-refractivity contribution is -0.134. The fourth-order valence-corrected chi connectivity index (χ4v) is 3.09. The number of esters is 1. The molecule has 0 aliphatic carbocycles. The molecule has 6 nitrogen and oxygen atoms in total. The Morgan fingerprint density at radius 1 is 1.36 bits per heavy atom. The second kappa shape index (κ2) is 8.56. The monoisotopic (exact) mass is 406 g/mol. The van der Waals surface area contributed by atoms with Gasteiger partial charge in [0.25, 0.3) is 0 Å². The lowest BCUT2D eigenvalue weighted by Crippen LogP contribution is -2.46. The Kier molecular flexibility index (Phi) is 6.14. The molecule has 1 aromatic carbocycles. The number of carbonyl (C=O) groups is 2. The smallest absolute Gasteiger partial charge is 0.312 e. The minimum absolute atomic E-state index is 0.114. The van der Waals surface area contributed by atoms with E-state index in [4.69, 9.17) is 21.1 Å². The number of amides is 1. The number of hydrogen-bond donors (Lipinski definition) is 0. The van der Waals surface area contributed by atoms with Crippen molar-refractivity contribution in [1.29, 1.82) is 0 Å². The van der Waals surface area contributed by atoms with Crippen molar-refractivity contribution in [2.75, 3.05) is 17.4 Å². The van der Waals surface area contributed by atoms with E-state index in [2.05, 4.69) is 4.98 Å². The minimum Gasteiger partial charge on any atom is -0.474 e. The molecule has 3 rings (SSSR count). The third kappa shape index (κ3) is 4.25. The van der Waals surface area contributed by atoms with Crippen molar-refractivity contribution in [2.24, 2.45) is 0 Å². The molecule has 0 fully saturated rings. The van der Waals surface area contributed by atoms with Gasteiger partial charge in [0, 0.05) is 18.4 Å². The molecular weight excluding hydrogens is 387 g/mol. The molecule has 8 heteroatoms. The number of nitrogens with zero attached hydrogens (tertiary/aromatic N) is 2. The summed E-state index contributed by atoms with van der Waals surface area (Å²) in [5, 5.41) is 0. The Balaban J connectivity index is 2.06. The van der Waals surface area contributed by atoms with Crippen LogP contribution in [0.3, 0.4) is 0 Å². The lowest BCUT2D eigenvalue weighted by atomic mass is 10.0. The molecule has 1 aliphatic heterocycles. The van der Waals surface area contributed by atoms with Gasteiger partial charge in [-0.05, 0) is 30.7 Å². The van der Waals surface area contributed by atoms with Gasteiger partial charge in [0.1, 0.15) is 24.0 Å². The highest BCUT2D eigenvalue weighted by molar-refractivity contribution is 6.29. The molecule has 2 aromatic rings. The predicted octanol–water partition coefficient (Wildman–Crippen LogP) is 3.48. The molecule has 0 unspecified atom stereocenters. The average Bonchev–Trinajstić information content (AvgIpc) is 2.69. The first-order valence-electron chi connectivity index (χ1n) is 8.92. The number of fused-ring (bicyclic) bond motifs is 1. The van der Waals surface area contributed by atoms with Crippen LogP contribution < -0.4 is 14.4 Å². The molecule has 1 aromatic heterocycles. The quantitative estimate of drug-likeness (QED) is 0.561. The summed E-state index contributed by atoms with van der Waals surface area (Å²) < 4.78 is 24.2.